The molecular formula is C16H23ClO2. The van der Waals surface area contributed by atoms with Crippen LogP contribution in [0.5, 0.6) is 5.75 Å². The van der Waals surface area contributed by atoms with Gasteiger partial charge in [0, 0.05) is 11.4 Å². The number of halogens is 1. The predicted octanol–water partition coefficient (Wildman–Crippen LogP) is 4.22. The normalized spacial score (nSPS) is 27.3. The molecule has 106 valence electrons. The van der Waals surface area contributed by atoms with Gasteiger partial charge in [0.1, 0.15) is 5.75 Å². The van der Waals surface area contributed by atoms with E-state index in [2.05, 4.69) is 6.92 Å². The lowest BCUT2D eigenvalue weighted by Gasteiger charge is -2.36. The van der Waals surface area contributed by atoms with E-state index in [0.29, 0.717) is 11.4 Å². The van der Waals surface area contributed by atoms with Gasteiger partial charge in [0.15, 0.2) is 0 Å². The van der Waals surface area contributed by atoms with Gasteiger partial charge in [-0.1, -0.05) is 24.9 Å². The second kappa shape index (κ2) is 6.15. The van der Waals surface area contributed by atoms with Gasteiger partial charge in [-0.2, -0.15) is 0 Å². The first-order valence-corrected chi connectivity index (χ1v) is 7.49. The number of hydrogen-bond acceptors (Lipinski definition) is 2. The highest BCUT2D eigenvalue weighted by Gasteiger charge is 2.33. The highest BCUT2D eigenvalue weighted by molar-refractivity contribution is 6.30. The van der Waals surface area contributed by atoms with Crippen LogP contribution in [0.15, 0.2) is 18.2 Å². The fourth-order valence-electron chi connectivity index (χ4n) is 3.04. The Morgan fingerprint density at radius 3 is 2.63 bits per heavy atom. The molecule has 0 aliphatic heterocycles. The summed E-state index contributed by atoms with van der Waals surface area (Å²) in [7, 11) is 1.66. The number of benzene rings is 1. The molecule has 1 aliphatic carbocycles. The van der Waals surface area contributed by atoms with Gasteiger partial charge >= 0.3 is 0 Å². The third kappa shape index (κ3) is 3.64. The Bertz CT molecular complexity index is 423. The smallest absolute Gasteiger partial charge is 0.122 e. The number of rotatable bonds is 4. The van der Waals surface area contributed by atoms with Crippen LogP contribution in [0.4, 0.5) is 0 Å². The first-order chi connectivity index (χ1) is 9.06. The topological polar surface area (TPSA) is 29.5 Å². The molecule has 1 aromatic carbocycles. The molecule has 0 amide bonds. The van der Waals surface area contributed by atoms with Crippen molar-refractivity contribution in [2.45, 2.75) is 51.0 Å². The second-order valence-electron chi connectivity index (χ2n) is 5.71. The third-order valence-electron chi connectivity index (χ3n) is 4.38. The standard InChI is InChI=1S/C16H23ClO2/c1-3-12-6-8-16(18,9-7-12)11-13-10-14(17)4-5-15(13)19-2/h4-5,10,12,18H,3,6-9,11H2,1-2H3. The zero-order chi connectivity index (χ0) is 13.9. The Morgan fingerprint density at radius 2 is 2.05 bits per heavy atom. The third-order valence-corrected chi connectivity index (χ3v) is 4.61. The largest absolute Gasteiger partial charge is 0.496 e. The zero-order valence-corrected chi connectivity index (χ0v) is 12.5. The summed E-state index contributed by atoms with van der Waals surface area (Å²) in [6, 6.07) is 5.60. The molecule has 0 heterocycles. The van der Waals surface area contributed by atoms with Crippen LogP contribution in [-0.2, 0) is 6.42 Å². The number of hydrogen-bond donors (Lipinski definition) is 1. The van der Waals surface area contributed by atoms with Gasteiger partial charge in [-0.3, -0.25) is 0 Å². The molecule has 0 atom stereocenters. The van der Waals surface area contributed by atoms with Crippen molar-refractivity contribution in [2.75, 3.05) is 7.11 Å². The molecule has 0 unspecified atom stereocenters. The maximum Gasteiger partial charge on any atom is 0.122 e. The van der Waals surface area contributed by atoms with E-state index in [-0.39, 0.29) is 0 Å². The van der Waals surface area contributed by atoms with E-state index in [4.69, 9.17) is 16.3 Å². The lowest BCUT2D eigenvalue weighted by Crippen LogP contribution is -2.36. The van der Waals surface area contributed by atoms with Crippen molar-refractivity contribution in [3.63, 3.8) is 0 Å². The van der Waals surface area contributed by atoms with Crippen molar-refractivity contribution >= 4 is 11.6 Å². The van der Waals surface area contributed by atoms with Crippen LogP contribution in [0.25, 0.3) is 0 Å². The van der Waals surface area contributed by atoms with Crippen LogP contribution in [0.1, 0.15) is 44.6 Å². The summed E-state index contributed by atoms with van der Waals surface area (Å²) >= 11 is 6.05. The van der Waals surface area contributed by atoms with Crippen molar-refractivity contribution in [3.8, 4) is 5.75 Å². The van der Waals surface area contributed by atoms with Gasteiger partial charge in [-0.25, -0.2) is 0 Å². The fraction of sp³-hybridized carbons (Fsp3) is 0.625. The summed E-state index contributed by atoms with van der Waals surface area (Å²) < 4.78 is 5.36. The minimum absolute atomic E-state index is 0.594. The monoisotopic (exact) mass is 282 g/mol. The lowest BCUT2D eigenvalue weighted by molar-refractivity contribution is -0.00960. The SMILES string of the molecule is CCC1CCC(O)(Cc2cc(Cl)ccc2OC)CC1. The molecule has 19 heavy (non-hydrogen) atoms. The van der Waals surface area contributed by atoms with Crippen LogP contribution in [0, 0.1) is 5.92 Å². The van der Waals surface area contributed by atoms with E-state index in [0.717, 1.165) is 42.9 Å². The van der Waals surface area contributed by atoms with Crippen molar-refractivity contribution in [3.05, 3.63) is 28.8 Å². The van der Waals surface area contributed by atoms with E-state index < -0.39 is 5.60 Å². The van der Waals surface area contributed by atoms with Crippen molar-refractivity contribution in [1.82, 2.24) is 0 Å². The van der Waals surface area contributed by atoms with Crippen molar-refractivity contribution in [1.29, 1.82) is 0 Å². The average Bonchev–Trinajstić information content (AvgIpc) is 2.39. The van der Waals surface area contributed by atoms with Crippen LogP contribution < -0.4 is 4.74 Å². The molecule has 0 saturated heterocycles. The van der Waals surface area contributed by atoms with E-state index in [1.165, 1.54) is 6.42 Å². The lowest BCUT2D eigenvalue weighted by atomic mass is 9.75. The molecule has 1 N–H and O–H groups in total. The van der Waals surface area contributed by atoms with Gasteiger partial charge in [0.2, 0.25) is 0 Å². The van der Waals surface area contributed by atoms with Crippen molar-refractivity contribution in [2.24, 2.45) is 5.92 Å². The highest BCUT2D eigenvalue weighted by Crippen LogP contribution is 2.37. The summed E-state index contributed by atoms with van der Waals surface area (Å²) in [5.41, 5.74) is 0.413. The van der Waals surface area contributed by atoms with E-state index in [9.17, 15) is 5.11 Å². The van der Waals surface area contributed by atoms with Gasteiger partial charge in [0.25, 0.3) is 0 Å². The van der Waals surface area contributed by atoms with Crippen molar-refractivity contribution < 1.29 is 9.84 Å². The molecule has 2 rings (SSSR count). The second-order valence-corrected chi connectivity index (χ2v) is 6.15. The minimum Gasteiger partial charge on any atom is -0.496 e. The Labute approximate surface area is 120 Å². The molecule has 2 nitrogen and oxygen atoms in total. The molecule has 1 aliphatic rings. The number of methoxy groups -OCH3 is 1. The number of ether oxygens (including phenoxy) is 1. The molecule has 0 bridgehead atoms. The quantitative estimate of drug-likeness (QED) is 0.896. The van der Waals surface area contributed by atoms with Gasteiger partial charge < -0.3 is 9.84 Å². The average molecular weight is 283 g/mol. The first kappa shape index (κ1) is 14.7. The molecular weight excluding hydrogens is 260 g/mol. The van der Waals surface area contributed by atoms with Gasteiger partial charge in [0.05, 0.1) is 12.7 Å². The Hall–Kier alpha value is -0.730. The van der Waals surface area contributed by atoms with E-state index in [1.54, 1.807) is 7.11 Å². The Balaban J connectivity index is 2.10. The molecule has 1 fully saturated rings. The van der Waals surface area contributed by atoms with Crippen LogP contribution >= 0.6 is 11.6 Å². The van der Waals surface area contributed by atoms with Crippen LogP contribution in [0.2, 0.25) is 5.02 Å². The summed E-state index contributed by atoms with van der Waals surface area (Å²) in [6.45, 7) is 2.23. The van der Waals surface area contributed by atoms with Gasteiger partial charge in [-0.15, -0.1) is 0 Å². The summed E-state index contributed by atoms with van der Waals surface area (Å²) in [5, 5.41) is 11.4. The molecule has 1 aromatic rings. The van der Waals surface area contributed by atoms with Gasteiger partial charge in [-0.05, 0) is 55.4 Å². The Kier molecular flexibility index (Phi) is 4.75. The molecule has 1 saturated carbocycles. The highest BCUT2D eigenvalue weighted by atomic mass is 35.5. The van der Waals surface area contributed by atoms with E-state index >= 15 is 0 Å². The van der Waals surface area contributed by atoms with E-state index in [1.807, 2.05) is 18.2 Å². The summed E-state index contributed by atoms with van der Waals surface area (Å²) in [5.74, 6) is 1.59. The maximum atomic E-state index is 10.8. The van der Waals surface area contributed by atoms with Crippen LogP contribution in [0.3, 0.4) is 0 Å². The summed E-state index contributed by atoms with van der Waals surface area (Å²) in [6.07, 6.45) is 5.85. The minimum atomic E-state index is -0.594. The molecule has 0 aromatic heterocycles. The molecule has 0 spiro atoms. The summed E-state index contributed by atoms with van der Waals surface area (Å²) in [4.78, 5) is 0. The maximum absolute atomic E-state index is 10.8. The number of aliphatic hydroxyl groups is 1. The van der Waals surface area contributed by atoms with Crippen LogP contribution in [-0.4, -0.2) is 17.8 Å². The Morgan fingerprint density at radius 1 is 1.37 bits per heavy atom. The zero-order valence-electron chi connectivity index (χ0n) is 11.8. The molecule has 0 radical (unpaired) electrons. The first-order valence-electron chi connectivity index (χ1n) is 7.11. The molecule has 3 heteroatoms. The fourth-order valence-corrected chi connectivity index (χ4v) is 3.23. The predicted molar refractivity (Wildman–Crippen MR) is 78.9 cm³/mol.